The maximum atomic E-state index is 14.5. The number of nitrogens with one attached hydrogen (secondary N) is 1. The topological polar surface area (TPSA) is 98.8 Å². The fourth-order valence-corrected chi connectivity index (χ4v) is 2.55. The molecule has 0 aliphatic heterocycles. The Morgan fingerprint density at radius 2 is 2.00 bits per heavy atom. The van der Waals surface area contributed by atoms with Gasteiger partial charge in [-0.2, -0.15) is 8.78 Å². The van der Waals surface area contributed by atoms with Gasteiger partial charge in [0.1, 0.15) is 30.6 Å². The molecule has 1 aromatic carbocycles. The van der Waals surface area contributed by atoms with Crippen LogP contribution in [0.25, 0.3) is 0 Å². The minimum Gasteiger partial charge on any atom is -0.386 e. The molecule has 2 aromatic rings. The first-order valence-corrected chi connectivity index (χ1v) is 9.65. The molecule has 0 atom stereocenters. The number of aliphatic imine (C=N–C) groups is 1. The molecule has 0 bridgehead atoms. The van der Waals surface area contributed by atoms with Crippen molar-refractivity contribution in [1.29, 1.82) is 0 Å². The van der Waals surface area contributed by atoms with Gasteiger partial charge in [0, 0.05) is 25.0 Å². The smallest absolute Gasteiger partial charge is 0.298 e. The molecule has 1 amide bonds. The number of nitrogens with two attached hydrogens (primary N) is 1. The Hall–Kier alpha value is -2.98. The second kappa shape index (κ2) is 11.4. The van der Waals surface area contributed by atoms with Crippen molar-refractivity contribution >= 4 is 17.4 Å². The van der Waals surface area contributed by atoms with Crippen LogP contribution in [0.5, 0.6) is 0 Å². The van der Waals surface area contributed by atoms with Crippen molar-refractivity contribution in [3.8, 4) is 0 Å². The third-order valence-electron chi connectivity index (χ3n) is 4.04. The van der Waals surface area contributed by atoms with Crippen LogP contribution in [0.2, 0.25) is 0 Å². The van der Waals surface area contributed by atoms with Gasteiger partial charge in [-0.05, 0) is 43.7 Å². The molecule has 31 heavy (non-hydrogen) atoms. The quantitative estimate of drug-likeness (QED) is 0.413. The number of carbonyl (C=O) groups is 1. The minimum atomic E-state index is -3.64. The van der Waals surface area contributed by atoms with E-state index in [0.29, 0.717) is 19.8 Å². The first-order chi connectivity index (χ1) is 14.8. The SMILES string of the molecule is CCN=C(N)COCC(F)(F)c1cc(NC(=O)c2ccc(COCC)cn2)ccc1F. The third-order valence-corrected chi connectivity index (χ3v) is 4.04. The van der Waals surface area contributed by atoms with Crippen LogP contribution in [-0.2, 0) is 22.0 Å². The van der Waals surface area contributed by atoms with Gasteiger partial charge in [0.25, 0.3) is 11.8 Å². The van der Waals surface area contributed by atoms with Crippen molar-refractivity contribution in [3.05, 3.63) is 59.2 Å². The maximum Gasteiger partial charge on any atom is 0.298 e. The zero-order chi connectivity index (χ0) is 22.9. The molecule has 1 aromatic heterocycles. The molecule has 0 radical (unpaired) electrons. The van der Waals surface area contributed by atoms with E-state index >= 15 is 0 Å². The van der Waals surface area contributed by atoms with E-state index in [1.54, 1.807) is 13.0 Å². The standard InChI is InChI=1S/C21H25F3N4O3/c1-3-26-19(25)12-31-13-21(23,24)16-9-15(6-7-17(16)22)28-20(29)18-8-5-14(10-27-18)11-30-4-2/h5-10H,3-4,11-13H2,1-2H3,(H2,25,26)(H,28,29). The number of alkyl halides is 2. The predicted molar refractivity (Wildman–Crippen MR) is 111 cm³/mol. The summed E-state index contributed by atoms with van der Waals surface area (Å²) in [5, 5.41) is 2.44. The summed E-state index contributed by atoms with van der Waals surface area (Å²) in [4.78, 5) is 20.2. The van der Waals surface area contributed by atoms with Crippen LogP contribution in [0.3, 0.4) is 0 Å². The lowest BCUT2D eigenvalue weighted by molar-refractivity contribution is -0.0775. The van der Waals surface area contributed by atoms with E-state index in [-0.39, 0.29) is 23.8 Å². The lowest BCUT2D eigenvalue weighted by Crippen LogP contribution is -2.27. The molecule has 1 heterocycles. The number of hydrogen-bond donors (Lipinski definition) is 2. The third kappa shape index (κ3) is 7.34. The molecule has 0 aliphatic rings. The van der Waals surface area contributed by atoms with Gasteiger partial charge in [-0.3, -0.25) is 14.8 Å². The Balaban J connectivity index is 2.07. The Morgan fingerprint density at radius 3 is 2.65 bits per heavy atom. The fraction of sp³-hybridized carbons (Fsp3) is 0.381. The molecule has 7 nitrogen and oxygen atoms in total. The van der Waals surface area contributed by atoms with Gasteiger partial charge >= 0.3 is 0 Å². The van der Waals surface area contributed by atoms with Gasteiger partial charge < -0.3 is 20.5 Å². The molecular weight excluding hydrogens is 413 g/mol. The van der Waals surface area contributed by atoms with Gasteiger partial charge in [-0.15, -0.1) is 0 Å². The number of ether oxygens (including phenoxy) is 2. The monoisotopic (exact) mass is 438 g/mol. The Labute approximate surface area is 178 Å². The van der Waals surface area contributed by atoms with Crippen molar-refractivity contribution in [3.63, 3.8) is 0 Å². The van der Waals surface area contributed by atoms with E-state index in [0.717, 1.165) is 17.7 Å². The number of halogens is 3. The number of nitrogens with zero attached hydrogens (tertiary/aromatic N) is 2. The van der Waals surface area contributed by atoms with E-state index < -0.39 is 29.8 Å². The van der Waals surface area contributed by atoms with Crippen molar-refractivity contribution in [2.24, 2.45) is 10.7 Å². The molecule has 0 aliphatic carbocycles. The van der Waals surface area contributed by atoms with Crippen LogP contribution in [0, 0.1) is 5.82 Å². The summed E-state index contributed by atoms with van der Waals surface area (Å²) >= 11 is 0. The molecule has 2 rings (SSSR count). The van der Waals surface area contributed by atoms with Gasteiger partial charge in [0.15, 0.2) is 0 Å². The number of pyridine rings is 1. The lowest BCUT2D eigenvalue weighted by Gasteiger charge is -2.18. The average Bonchev–Trinajstić information content (AvgIpc) is 2.74. The summed E-state index contributed by atoms with van der Waals surface area (Å²) in [5.41, 5.74) is 5.44. The molecule has 10 heteroatoms. The number of amidine groups is 1. The van der Waals surface area contributed by atoms with E-state index in [4.69, 9.17) is 15.2 Å². The highest BCUT2D eigenvalue weighted by Crippen LogP contribution is 2.32. The van der Waals surface area contributed by atoms with Gasteiger partial charge in [-0.1, -0.05) is 6.07 Å². The average molecular weight is 438 g/mol. The van der Waals surface area contributed by atoms with E-state index in [1.165, 1.54) is 18.3 Å². The normalized spacial score (nSPS) is 12.1. The Bertz CT molecular complexity index is 905. The Kier molecular flexibility index (Phi) is 8.95. The molecule has 0 unspecified atom stereocenters. The highest BCUT2D eigenvalue weighted by atomic mass is 19.3. The van der Waals surface area contributed by atoms with Crippen LogP contribution in [-0.4, -0.2) is 43.1 Å². The molecule has 0 saturated carbocycles. The van der Waals surface area contributed by atoms with E-state index in [2.05, 4.69) is 15.3 Å². The molecule has 0 fully saturated rings. The van der Waals surface area contributed by atoms with Crippen molar-refractivity contribution in [1.82, 2.24) is 4.98 Å². The van der Waals surface area contributed by atoms with Gasteiger partial charge in [-0.25, -0.2) is 4.39 Å². The van der Waals surface area contributed by atoms with E-state index in [1.807, 2.05) is 6.92 Å². The van der Waals surface area contributed by atoms with Crippen LogP contribution < -0.4 is 11.1 Å². The van der Waals surface area contributed by atoms with Gasteiger partial charge in [0.05, 0.1) is 12.2 Å². The molecule has 0 saturated heterocycles. The number of benzene rings is 1. The summed E-state index contributed by atoms with van der Waals surface area (Å²) in [6, 6.07) is 6.06. The van der Waals surface area contributed by atoms with Crippen LogP contribution in [0.15, 0.2) is 41.5 Å². The van der Waals surface area contributed by atoms with Crippen molar-refractivity contribution < 1.29 is 27.4 Å². The highest BCUT2D eigenvalue weighted by Gasteiger charge is 2.35. The van der Waals surface area contributed by atoms with E-state index in [9.17, 15) is 18.0 Å². The summed E-state index contributed by atoms with van der Waals surface area (Å²) in [7, 11) is 0. The van der Waals surface area contributed by atoms with Crippen molar-refractivity contribution in [2.45, 2.75) is 26.4 Å². The first kappa shape index (κ1) is 24.3. The Morgan fingerprint density at radius 1 is 1.23 bits per heavy atom. The largest absolute Gasteiger partial charge is 0.386 e. The highest BCUT2D eigenvalue weighted by molar-refractivity contribution is 6.02. The number of aromatic nitrogens is 1. The van der Waals surface area contributed by atoms with Crippen LogP contribution in [0.4, 0.5) is 18.9 Å². The number of anilines is 1. The van der Waals surface area contributed by atoms with Gasteiger partial charge in [0.2, 0.25) is 0 Å². The number of amides is 1. The minimum absolute atomic E-state index is 0.00618. The zero-order valence-corrected chi connectivity index (χ0v) is 17.3. The molecular formula is C21H25F3N4O3. The lowest BCUT2D eigenvalue weighted by atomic mass is 10.1. The zero-order valence-electron chi connectivity index (χ0n) is 17.3. The molecule has 0 spiro atoms. The summed E-state index contributed by atoms with van der Waals surface area (Å²) in [5.74, 6) is -5.32. The number of hydrogen-bond acceptors (Lipinski definition) is 5. The van der Waals surface area contributed by atoms with Crippen molar-refractivity contribution in [2.75, 3.05) is 31.7 Å². The number of carbonyl (C=O) groups excluding carboxylic acids is 1. The second-order valence-electron chi connectivity index (χ2n) is 6.50. The van der Waals surface area contributed by atoms with Crippen LogP contribution in [0.1, 0.15) is 35.5 Å². The van der Waals surface area contributed by atoms with Crippen LogP contribution >= 0.6 is 0 Å². The summed E-state index contributed by atoms with van der Waals surface area (Å²) < 4.78 is 53.1. The molecule has 3 N–H and O–H groups in total. The molecule has 168 valence electrons. The maximum absolute atomic E-state index is 14.5. The fourth-order valence-electron chi connectivity index (χ4n) is 2.55. The summed E-state index contributed by atoms with van der Waals surface area (Å²) in [6.07, 6.45) is 1.49. The number of rotatable bonds is 11. The predicted octanol–water partition coefficient (Wildman–Crippen LogP) is 3.50. The summed E-state index contributed by atoms with van der Waals surface area (Å²) in [6.45, 7) is 3.51. The second-order valence-corrected chi connectivity index (χ2v) is 6.50. The first-order valence-electron chi connectivity index (χ1n) is 9.65.